The van der Waals surface area contributed by atoms with Gasteiger partial charge in [-0.2, -0.15) is 0 Å². The van der Waals surface area contributed by atoms with E-state index >= 15 is 0 Å². The summed E-state index contributed by atoms with van der Waals surface area (Å²) in [6.45, 7) is 2.12. The van der Waals surface area contributed by atoms with Gasteiger partial charge in [0.15, 0.2) is 5.78 Å². The highest BCUT2D eigenvalue weighted by molar-refractivity contribution is 5.94. The molecule has 1 aliphatic rings. The number of aromatic nitrogens is 1. The second-order valence-corrected chi connectivity index (χ2v) is 5.94. The molecule has 2 atom stereocenters. The van der Waals surface area contributed by atoms with E-state index in [2.05, 4.69) is 11.9 Å². The van der Waals surface area contributed by atoms with Crippen LogP contribution in [0.15, 0.2) is 48.7 Å². The van der Waals surface area contributed by atoms with Crippen molar-refractivity contribution in [2.75, 3.05) is 0 Å². The summed E-state index contributed by atoms with van der Waals surface area (Å²) in [4.78, 5) is 16.5. The fraction of sp³-hybridized carbons (Fsp3) is 0.368. The monoisotopic (exact) mass is 311 g/mol. The molecule has 0 fully saturated rings. The Morgan fingerprint density at radius 1 is 1.26 bits per heavy atom. The number of rotatable bonds is 6. The standard InChI is InChI=1S/C19H21NO3/c1-2-3-11-18-14-8-4-5-9-15(14)19(22,23-18)13-17(21)16-10-6-7-12-20-16/h4-10,12,18,22H,2-3,11,13H2,1H3. The predicted molar refractivity (Wildman–Crippen MR) is 86.9 cm³/mol. The third kappa shape index (κ3) is 3.19. The van der Waals surface area contributed by atoms with Crippen molar-refractivity contribution in [3.63, 3.8) is 0 Å². The van der Waals surface area contributed by atoms with Gasteiger partial charge in [-0.05, 0) is 24.1 Å². The summed E-state index contributed by atoms with van der Waals surface area (Å²) in [7, 11) is 0. The van der Waals surface area contributed by atoms with E-state index in [9.17, 15) is 9.90 Å². The Hall–Kier alpha value is -2.04. The summed E-state index contributed by atoms with van der Waals surface area (Å²) in [5.41, 5.74) is 2.03. The first kappa shape index (κ1) is 15.8. The number of pyridine rings is 1. The van der Waals surface area contributed by atoms with Gasteiger partial charge in [0.05, 0.1) is 12.5 Å². The lowest BCUT2D eigenvalue weighted by molar-refractivity contribution is -0.221. The van der Waals surface area contributed by atoms with Crippen molar-refractivity contribution in [2.45, 2.75) is 44.5 Å². The lowest BCUT2D eigenvalue weighted by Gasteiger charge is -2.23. The summed E-state index contributed by atoms with van der Waals surface area (Å²) in [6.07, 6.45) is 4.21. The lowest BCUT2D eigenvalue weighted by Crippen LogP contribution is -2.29. The van der Waals surface area contributed by atoms with Gasteiger partial charge in [0.1, 0.15) is 5.69 Å². The molecule has 1 aliphatic heterocycles. The normalized spacial score (nSPS) is 22.8. The first-order chi connectivity index (χ1) is 11.1. The van der Waals surface area contributed by atoms with Gasteiger partial charge in [-0.1, -0.05) is 50.1 Å². The van der Waals surface area contributed by atoms with Gasteiger partial charge in [0, 0.05) is 11.8 Å². The number of carbonyl (C=O) groups is 1. The van der Waals surface area contributed by atoms with Crippen LogP contribution in [0.2, 0.25) is 0 Å². The molecule has 0 saturated carbocycles. The summed E-state index contributed by atoms with van der Waals surface area (Å²) in [5.74, 6) is -1.79. The number of ether oxygens (including phenoxy) is 1. The van der Waals surface area contributed by atoms with E-state index in [1.165, 1.54) is 0 Å². The Bertz CT molecular complexity index is 686. The van der Waals surface area contributed by atoms with Gasteiger partial charge in [-0.15, -0.1) is 0 Å². The maximum atomic E-state index is 12.4. The molecule has 4 nitrogen and oxygen atoms in total. The number of benzene rings is 1. The number of hydrogen-bond acceptors (Lipinski definition) is 4. The zero-order chi connectivity index (χ0) is 16.3. The molecule has 0 aliphatic carbocycles. The molecule has 2 aromatic rings. The zero-order valence-corrected chi connectivity index (χ0v) is 13.2. The van der Waals surface area contributed by atoms with Crippen molar-refractivity contribution < 1.29 is 14.6 Å². The van der Waals surface area contributed by atoms with Gasteiger partial charge in [-0.25, -0.2) is 0 Å². The molecule has 3 rings (SSSR count). The van der Waals surface area contributed by atoms with Gasteiger partial charge < -0.3 is 9.84 Å². The van der Waals surface area contributed by atoms with E-state index in [1.54, 1.807) is 24.4 Å². The van der Waals surface area contributed by atoms with Crippen LogP contribution in [0.4, 0.5) is 0 Å². The van der Waals surface area contributed by atoms with E-state index < -0.39 is 5.79 Å². The van der Waals surface area contributed by atoms with Crippen LogP contribution in [0.3, 0.4) is 0 Å². The van der Waals surface area contributed by atoms with E-state index in [0.717, 1.165) is 24.8 Å². The number of hydrogen-bond donors (Lipinski definition) is 1. The highest BCUT2D eigenvalue weighted by atomic mass is 16.6. The second-order valence-electron chi connectivity index (χ2n) is 5.94. The number of carbonyl (C=O) groups excluding carboxylic acids is 1. The van der Waals surface area contributed by atoms with E-state index in [1.807, 2.05) is 24.3 Å². The fourth-order valence-electron chi connectivity index (χ4n) is 3.07. The summed E-state index contributed by atoms with van der Waals surface area (Å²) < 4.78 is 5.92. The molecular weight excluding hydrogens is 290 g/mol. The average Bonchev–Trinajstić information content (AvgIpc) is 2.86. The largest absolute Gasteiger partial charge is 0.361 e. The Balaban J connectivity index is 1.85. The Kier molecular flexibility index (Phi) is 4.55. The molecule has 1 N–H and O–H groups in total. The third-order valence-corrected chi connectivity index (χ3v) is 4.24. The van der Waals surface area contributed by atoms with E-state index in [-0.39, 0.29) is 18.3 Å². The maximum Gasteiger partial charge on any atom is 0.200 e. The van der Waals surface area contributed by atoms with E-state index in [0.29, 0.717) is 11.3 Å². The fourth-order valence-corrected chi connectivity index (χ4v) is 3.07. The van der Waals surface area contributed by atoms with Gasteiger partial charge in [0.2, 0.25) is 5.79 Å². The molecule has 0 radical (unpaired) electrons. The Labute approximate surface area is 136 Å². The van der Waals surface area contributed by atoms with Gasteiger partial charge in [0.25, 0.3) is 0 Å². The van der Waals surface area contributed by atoms with Crippen molar-refractivity contribution in [1.29, 1.82) is 0 Å². The molecule has 0 amide bonds. The highest BCUT2D eigenvalue weighted by Crippen LogP contribution is 2.46. The molecule has 120 valence electrons. The Morgan fingerprint density at radius 2 is 2.04 bits per heavy atom. The van der Waals surface area contributed by atoms with Crippen molar-refractivity contribution in [3.8, 4) is 0 Å². The topological polar surface area (TPSA) is 59.4 Å². The molecule has 0 spiro atoms. The summed E-state index contributed by atoms with van der Waals surface area (Å²) in [5, 5.41) is 11.0. The van der Waals surface area contributed by atoms with Crippen molar-refractivity contribution in [1.82, 2.24) is 4.98 Å². The number of Topliss-reactive ketones (excluding diaryl/α,β-unsaturated/α-hetero) is 1. The molecule has 1 aromatic carbocycles. The molecule has 2 unspecified atom stereocenters. The third-order valence-electron chi connectivity index (χ3n) is 4.24. The highest BCUT2D eigenvalue weighted by Gasteiger charge is 2.44. The van der Waals surface area contributed by atoms with Crippen LogP contribution in [0.5, 0.6) is 0 Å². The molecular formula is C19H21NO3. The van der Waals surface area contributed by atoms with E-state index in [4.69, 9.17) is 4.74 Å². The molecule has 23 heavy (non-hydrogen) atoms. The molecule has 2 heterocycles. The number of aliphatic hydroxyl groups is 1. The minimum atomic E-state index is -1.57. The average molecular weight is 311 g/mol. The first-order valence-electron chi connectivity index (χ1n) is 8.08. The van der Waals surface area contributed by atoms with Crippen LogP contribution in [-0.2, 0) is 10.5 Å². The van der Waals surface area contributed by atoms with Crippen molar-refractivity contribution >= 4 is 5.78 Å². The summed E-state index contributed by atoms with van der Waals surface area (Å²) >= 11 is 0. The van der Waals surface area contributed by atoms with Crippen LogP contribution >= 0.6 is 0 Å². The Morgan fingerprint density at radius 3 is 2.78 bits per heavy atom. The number of unbranched alkanes of at least 4 members (excludes halogenated alkanes) is 1. The molecule has 0 bridgehead atoms. The number of nitrogens with zero attached hydrogens (tertiary/aromatic N) is 1. The smallest absolute Gasteiger partial charge is 0.200 e. The minimum absolute atomic E-state index is 0.121. The predicted octanol–water partition coefficient (Wildman–Crippen LogP) is 3.76. The zero-order valence-electron chi connectivity index (χ0n) is 13.2. The van der Waals surface area contributed by atoms with Crippen LogP contribution in [0.1, 0.15) is 60.3 Å². The number of fused-ring (bicyclic) bond motifs is 1. The second kappa shape index (κ2) is 6.60. The van der Waals surface area contributed by atoms with Crippen molar-refractivity contribution in [2.24, 2.45) is 0 Å². The number of ketones is 1. The molecule has 1 aromatic heterocycles. The van der Waals surface area contributed by atoms with Crippen LogP contribution in [0.25, 0.3) is 0 Å². The molecule has 0 saturated heterocycles. The molecule has 4 heteroatoms. The van der Waals surface area contributed by atoms with Crippen LogP contribution in [-0.4, -0.2) is 15.9 Å². The SMILES string of the molecule is CCCCC1OC(O)(CC(=O)c2ccccn2)c2ccccc21. The maximum absolute atomic E-state index is 12.4. The van der Waals surface area contributed by atoms with Gasteiger partial charge in [-0.3, -0.25) is 9.78 Å². The van der Waals surface area contributed by atoms with Crippen LogP contribution in [0, 0.1) is 0 Å². The first-order valence-corrected chi connectivity index (χ1v) is 8.08. The van der Waals surface area contributed by atoms with Gasteiger partial charge >= 0.3 is 0 Å². The van der Waals surface area contributed by atoms with Crippen LogP contribution < -0.4 is 0 Å². The summed E-state index contributed by atoms with van der Waals surface area (Å²) in [6, 6.07) is 12.8. The quantitative estimate of drug-likeness (QED) is 0.825. The van der Waals surface area contributed by atoms with Crippen molar-refractivity contribution in [3.05, 3.63) is 65.5 Å². The lowest BCUT2D eigenvalue weighted by atomic mass is 9.94. The minimum Gasteiger partial charge on any atom is -0.361 e.